The zero-order valence-corrected chi connectivity index (χ0v) is 18.1. The van der Waals surface area contributed by atoms with Crippen molar-refractivity contribution in [3.05, 3.63) is 34.3 Å². The van der Waals surface area contributed by atoms with Gasteiger partial charge in [0.25, 0.3) is 0 Å². The van der Waals surface area contributed by atoms with E-state index in [-0.39, 0.29) is 31.1 Å². The van der Waals surface area contributed by atoms with E-state index >= 15 is 0 Å². The van der Waals surface area contributed by atoms with Crippen molar-refractivity contribution in [1.29, 1.82) is 0 Å². The Balaban J connectivity index is 2.37. The number of methoxy groups -OCH3 is 1. The fourth-order valence-electron chi connectivity index (χ4n) is 3.45. The molecule has 1 fully saturated rings. The van der Waals surface area contributed by atoms with E-state index in [0.29, 0.717) is 12.2 Å². The van der Waals surface area contributed by atoms with E-state index in [1.165, 1.54) is 12.0 Å². The van der Waals surface area contributed by atoms with Crippen LogP contribution in [0.3, 0.4) is 0 Å². The van der Waals surface area contributed by atoms with E-state index in [9.17, 15) is 19.5 Å². The fourth-order valence-corrected chi connectivity index (χ4v) is 3.71. The van der Waals surface area contributed by atoms with Crippen molar-refractivity contribution in [2.24, 2.45) is 5.92 Å². The molecular formula is C20H26BrNO6. The van der Waals surface area contributed by atoms with Crippen molar-refractivity contribution in [3.8, 4) is 0 Å². The molecule has 2 atom stereocenters. The van der Waals surface area contributed by atoms with Gasteiger partial charge in [-0.2, -0.15) is 0 Å². The number of ether oxygens (including phenoxy) is 2. The van der Waals surface area contributed by atoms with Crippen molar-refractivity contribution in [3.63, 3.8) is 0 Å². The summed E-state index contributed by atoms with van der Waals surface area (Å²) in [6, 6.07) is 6.69. The van der Waals surface area contributed by atoms with E-state index in [4.69, 9.17) is 9.47 Å². The molecule has 28 heavy (non-hydrogen) atoms. The molecule has 0 saturated carbocycles. The predicted octanol–water partition coefficient (Wildman–Crippen LogP) is 3.75. The van der Waals surface area contributed by atoms with Crippen LogP contribution in [0.25, 0.3) is 0 Å². The van der Waals surface area contributed by atoms with E-state index in [1.807, 2.05) is 0 Å². The first-order valence-corrected chi connectivity index (χ1v) is 9.79. The number of likely N-dealkylation sites (tertiary alicyclic amines) is 1. The molecule has 0 spiro atoms. The third kappa shape index (κ3) is 5.11. The zero-order chi connectivity index (χ0) is 21.1. The van der Waals surface area contributed by atoms with Crippen LogP contribution in [-0.4, -0.2) is 59.3 Å². The molecule has 1 aliphatic heterocycles. The van der Waals surface area contributed by atoms with Gasteiger partial charge in [0.2, 0.25) is 0 Å². The topological polar surface area (TPSA) is 93.1 Å². The Morgan fingerprint density at radius 2 is 1.86 bits per heavy atom. The van der Waals surface area contributed by atoms with Crippen LogP contribution in [-0.2, 0) is 14.3 Å². The second kappa shape index (κ2) is 8.61. The standard InChI is InChI=1S/C20H26BrNO6/c1-19(2,3)28-18(26)22-11-13(12-27-4)9-20(22,17(24)25)10-16(23)14-5-7-15(21)8-6-14/h5-8,13H,9-12H2,1-4H3,(H,24,25)/t13?,20-/m1/s1. The monoisotopic (exact) mass is 455 g/mol. The van der Waals surface area contributed by atoms with Crippen LogP contribution in [0.4, 0.5) is 4.79 Å². The average molecular weight is 456 g/mol. The maximum Gasteiger partial charge on any atom is 0.411 e. The summed E-state index contributed by atoms with van der Waals surface area (Å²) >= 11 is 3.31. The van der Waals surface area contributed by atoms with Crippen LogP contribution in [0, 0.1) is 5.92 Å². The van der Waals surface area contributed by atoms with Gasteiger partial charge in [0.15, 0.2) is 11.3 Å². The number of hydrogen-bond donors (Lipinski definition) is 1. The van der Waals surface area contributed by atoms with Crippen LogP contribution in [0.5, 0.6) is 0 Å². The first-order valence-electron chi connectivity index (χ1n) is 9.00. The van der Waals surface area contributed by atoms with Gasteiger partial charge in [-0.3, -0.25) is 9.69 Å². The Bertz CT molecular complexity index is 742. The molecule has 1 N–H and O–H groups in total. The number of carboxylic acid groups (broad SMARTS) is 1. The summed E-state index contributed by atoms with van der Waals surface area (Å²) in [6.45, 7) is 5.58. The van der Waals surface area contributed by atoms with E-state index in [1.54, 1.807) is 45.0 Å². The number of Topliss-reactive ketones (excluding diaryl/α,β-unsaturated/α-hetero) is 1. The summed E-state index contributed by atoms with van der Waals surface area (Å²) in [5, 5.41) is 10.1. The van der Waals surface area contributed by atoms with Crippen molar-refractivity contribution < 1.29 is 29.0 Å². The largest absolute Gasteiger partial charge is 0.479 e. The number of amides is 1. The molecule has 1 aliphatic rings. The van der Waals surface area contributed by atoms with Crippen molar-refractivity contribution >= 4 is 33.8 Å². The van der Waals surface area contributed by atoms with Crippen LogP contribution >= 0.6 is 15.9 Å². The molecule has 1 aromatic rings. The van der Waals surface area contributed by atoms with Gasteiger partial charge in [0.1, 0.15) is 5.60 Å². The molecule has 8 heteroatoms. The number of carbonyl (C=O) groups excluding carboxylic acids is 2. The van der Waals surface area contributed by atoms with Crippen molar-refractivity contribution in [2.75, 3.05) is 20.3 Å². The van der Waals surface area contributed by atoms with Gasteiger partial charge in [0.05, 0.1) is 6.61 Å². The molecule has 1 aromatic carbocycles. The van der Waals surface area contributed by atoms with Gasteiger partial charge in [0, 0.05) is 36.0 Å². The fraction of sp³-hybridized carbons (Fsp3) is 0.550. The first kappa shape index (κ1) is 22.4. The minimum Gasteiger partial charge on any atom is -0.479 e. The number of ketones is 1. The summed E-state index contributed by atoms with van der Waals surface area (Å²) in [4.78, 5) is 39.1. The number of hydrogen-bond acceptors (Lipinski definition) is 5. The molecule has 1 saturated heterocycles. The number of carbonyl (C=O) groups is 3. The van der Waals surface area contributed by atoms with Crippen molar-refractivity contribution in [2.45, 2.75) is 44.8 Å². The molecule has 0 radical (unpaired) electrons. The second-order valence-electron chi connectivity index (χ2n) is 8.06. The van der Waals surface area contributed by atoms with Gasteiger partial charge in [-0.1, -0.05) is 28.1 Å². The highest BCUT2D eigenvalue weighted by Crippen LogP contribution is 2.38. The Hall–Kier alpha value is -1.93. The molecule has 0 aromatic heterocycles. The molecule has 154 valence electrons. The van der Waals surface area contributed by atoms with E-state index < -0.39 is 23.2 Å². The van der Waals surface area contributed by atoms with Crippen LogP contribution < -0.4 is 0 Å². The number of rotatable bonds is 6. The SMILES string of the molecule is COCC1CN(C(=O)OC(C)(C)C)[C@](CC(=O)c2ccc(Br)cc2)(C(=O)O)C1. The lowest BCUT2D eigenvalue weighted by Crippen LogP contribution is -2.55. The molecular weight excluding hydrogens is 430 g/mol. The highest BCUT2D eigenvalue weighted by atomic mass is 79.9. The van der Waals surface area contributed by atoms with Crippen LogP contribution in [0.1, 0.15) is 44.0 Å². The van der Waals surface area contributed by atoms with E-state index in [0.717, 1.165) is 4.47 Å². The number of nitrogens with zero attached hydrogens (tertiary/aromatic N) is 1. The third-order valence-corrected chi connectivity index (χ3v) is 5.15. The lowest BCUT2D eigenvalue weighted by atomic mass is 9.85. The van der Waals surface area contributed by atoms with Gasteiger partial charge in [-0.15, -0.1) is 0 Å². The number of benzene rings is 1. The predicted molar refractivity (Wildman–Crippen MR) is 106 cm³/mol. The Morgan fingerprint density at radius 1 is 1.25 bits per heavy atom. The van der Waals surface area contributed by atoms with Gasteiger partial charge in [-0.25, -0.2) is 9.59 Å². The number of carboxylic acids is 1. The quantitative estimate of drug-likeness (QED) is 0.656. The molecule has 1 heterocycles. The minimum absolute atomic E-state index is 0.123. The van der Waals surface area contributed by atoms with Crippen molar-refractivity contribution in [1.82, 2.24) is 4.90 Å². The van der Waals surface area contributed by atoms with Crippen LogP contribution in [0.15, 0.2) is 28.7 Å². The Kier molecular flexibility index (Phi) is 6.88. The minimum atomic E-state index is -1.67. The van der Waals surface area contributed by atoms with Crippen LogP contribution in [0.2, 0.25) is 0 Å². The van der Waals surface area contributed by atoms with Gasteiger partial charge >= 0.3 is 12.1 Å². The summed E-state index contributed by atoms with van der Waals surface area (Å²) in [5.74, 6) is -1.77. The highest BCUT2D eigenvalue weighted by Gasteiger charge is 2.55. The molecule has 1 amide bonds. The summed E-state index contributed by atoms with van der Waals surface area (Å²) in [7, 11) is 1.52. The van der Waals surface area contributed by atoms with Gasteiger partial charge in [-0.05, 0) is 39.3 Å². The second-order valence-corrected chi connectivity index (χ2v) is 8.98. The first-order chi connectivity index (χ1) is 13.0. The van der Waals surface area contributed by atoms with E-state index in [2.05, 4.69) is 15.9 Å². The molecule has 0 aliphatic carbocycles. The maximum atomic E-state index is 12.9. The maximum absolute atomic E-state index is 12.9. The number of halogens is 1. The lowest BCUT2D eigenvalue weighted by molar-refractivity contribution is -0.149. The molecule has 0 bridgehead atoms. The third-order valence-electron chi connectivity index (χ3n) is 4.62. The summed E-state index contributed by atoms with van der Waals surface area (Å²) in [5.41, 5.74) is -2.06. The zero-order valence-electron chi connectivity index (χ0n) is 16.5. The summed E-state index contributed by atoms with van der Waals surface area (Å²) in [6.07, 6.45) is -0.946. The Labute approximate surface area is 173 Å². The lowest BCUT2D eigenvalue weighted by Gasteiger charge is -2.35. The average Bonchev–Trinajstić information content (AvgIpc) is 2.94. The smallest absolute Gasteiger partial charge is 0.411 e. The Morgan fingerprint density at radius 3 is 2.36 bits per heavy atom. The summed E-state index contributed by atoms with van der Waals surface area (Å²) < 4.78 is 11.4. The molecule has 1 unspecified atom stereocenters. The molecule has 2 rings (SSSR count). The highest BCUT2D eigenvalue weighted by molar-refractivity contribution is 9.10. The van der Waals surface area contributed by atoms with Gasteiger partial charge < -0.3 is 14.6 Å². The number of aliphatic carboxylic acids is 1. The normalized spacial score (nSPS) is 22.2. The molecule has 7 nitrogen and oxygen atoms in total.